The summed E-state index contributed by atoms with van der Waals surface area (Å²) in [6.07, 6.45) is 1.43. The van der Waals surface area contributed by atoms with Crippen molar-refractivity contribution in [2.75, 3.05) is 46.3 Å². The molecule has 0 aromatic heterocycles. The first-order valence-corrected chi connectivity index (χ1v) is 8.77. The van der Waals surface area contributed by atoms with Crippen LogP contribution in [0.25, 0.3) is 0 Å². The van der Waals surface area contributed by atoms with E-state index in [1.54, 1.807) is 0 Å². The topological polar surface area (TPSA) is 102 Å². The second-order valence-electron chi connectivity index (χ2n) is 4.13. The Hall–Kier alpha value is -0.710. The van der Waals surface area contributed by atoms with Crippen LogP contribution in [0.3, 0.4) is 0 Å². The van der Waals surface area contributed by atoms with Gasteiger partial charge in [0.2, 0.25) is 20.0 Å². The standard InChI is InChI=1S/C8H18N2O6S2/c1-9(2)5-6-16-8(11)7-10(17(3,12)13)18(4,14)15/h5-7H2,1-4H3/p+1. The molecule has 18 heavy (non-hydrogen) atoms. The number of hydrogen-bond donors (Lipinski definition) is 1. The summed E-state index contributed by atoms with van der Waals surface area (Å²) in [5, 5.41) is 0. The zero-order valence-corrected chi connectivity index (χ0v) is 12.5. The number of rotatable bonds is 7. The van der Waals surface area contributed by atoms with E-state index in [-0.39, 0.29) is 10.3 Å². The number of nitrogens with one attached hydrogen (secondary N) is 1. The van der Waals surface area contributed by atoms with Gasteiger partial charge in [0.1, 0.15) is 19.7 Å². The molecule has 0 rings (SSSR count). The Labute approximate surface area is 108 Å². The Kier molecular flexibility index (Phi) is 6.20. The molecule has 0 saturated carbocycles. The van der Waals surface area contributed by atoms with Crippen LogP contribution in [0.15, 0.2) is 0 Å². The van der Waals surface area contributed by atoms with Crippen LogP contribution in [0.4, 0.5) is 0 Å². The largest absolute Gasteiger partial charge is 0.459 e. The Morgan fingerprint density at radius 3 is 1.89 bits per heavy atom. The van der Waals surface area contributed by atoms with Crippen molar-refractivity contribution in [2.24, 2.45) is 0 Å². The van der Waals surface area contributed by atoms with Crippen molar-refractivity contribution in [1.29, 1.82) is 0 Å². The molecule has 0 saturated heterocycles. The van der Waals surface area contributed by atoms with Gasteiger partial charge in [-0.3, -0.25) is 4.79 Å². The maximum atomic E-state index is 11.3. The SMILES string of the molecule is C[NH+](C)CCOC(=O)CN(S(C)(=O)=O)S(C)(=O)=O. The fourth-order valence-corrected chi connectivity index (χ4v) is 3.65. The molecule has 0 fully saturated rings. The number of ether oxygens (including phenoxy) is 1. The van der Waals surface area contributed by atoms with Gasteiger partial charge < -0.3 is 9.64 Å². The molecule has 0 amide bonds. The molecule has 0 aromatic rings. The quantitative estimate of drug-likeness (QED) is 0.500. The lowest BCUT2D eigenvalue weighted by molar-refractivity contribution is -0.858. The number of esters is 1. The predicted molar refractivity (Wildman–Crippen MR) is 65.0 cm³/mol. The van der Waals surface area contributed by atoms with E-state index in [0.29, 0.717) is 19.1 Å². The van der Waals surface area contributed by atoms with E-state index in [0.717, 1.165) is 4.90 Å². The highest BCUT2D eigenvalue weighted by molar-refractivity contribution is 8.03. The number of hydrogen-bond acceptors (Lipinski definition) is 6. The molecule has 0 radical (unpaired) electrons. The summed E-state index contributed by atoms with van der Waals surface area (Å²) >= 11 is 0. The minimum absolute atomic E-state index is 0.0997. The van der Waals surface area contributed by atoms with Crippen LogP contribution < -0.4 is 4.90 Å². The van der Waals surface area contributed by atoms with Gasteiger partial charge in [0.05, 0.1) is 26.6 Å². The molecule has 0 aliphatic rings. The van der Waals surface area contributed by atoms with Gasteiger partial charge in [-0.25, -0.2) is 16.8 Å². The fourth-order valence-electron chi connectivity index (χ4n) is 1.00. The molecule has 8 nitrogen and oxygen atoms in total. The highest BCUT2D eigenvalue weighted by Gasteiger charge is 2.29. The molecule has 0 bridgehead atoms. The van der Waals surface area contributed by atoms with Crippen molar-refractivity contribution in [1.82, 2.24) is 3.71 Å². The number of carbonyl (C=O) groups excluding carboxylic acids is 1. The van der Waals surface area contributed by atoms with E-state index in [9.17, 15) is 21.6 Å². The van der Waals surface area contributed by atoms with Gasteiger partial charge >= 0.3 is 5.97 Å². The third-order valence-corrected chi connectivity index (χ3v) is 5.23. The lowest BCUT2D eigenvalue weighted by Gasteiger charge is -2.16. The van der Waals surface area contributed by atoms with Crippen molar-refractivity contribution < 1.29 is 31.3 Å². The van der Waals surface area contributed by atoms with Crippen LogP contribution >= 0.6 is 0 Å². The smallest absolute Gasteiger partial charge is 0.322 e. The number of nitrogens with zero attached hydrogens (tertiary/aromatic N) is 1. The van der Waals surface area contributed by atoms with Crippen LogP contribution in [0.5, 0.6) is 0 Å². The molecule has 0 aliphatic carbocycles. The lowest BCUT2D eigenvalue weighted by Crippen LogP contribution is -3.06. The Morgan fingerprint density at radius 1 is 1.11 bits per heavy atom. The number of sulfonamides is 2. The van der Waals surface area contributed by atoms with E-state index >= 15 is 0 Å². The summed E-state index contributed by atoms with van der Waals surface area (Å²) in [4.78, 5) is 12.4. The first-order chi connectivity index (χ1) is 7.94. The Morgan fingerprint density at radius 2 is 1.56 bits per heavy atom. The first-order valence-electron chi connectivity index (χ1n) is 5.07. The molecule has 0 unspecified atom stereocenters. The average Bonchev–Trinajstić information content (AvgIpc) is 2.09. The second kappa shape index (κ2) is 6.45. The summed E-state index contributed by atoms with van der Waals surface area (Å²) in [6.45, 7) is -0.188. The zero-order chi connectivity index (χ0) is 14.6. The van der Waals surface area contributed by atoms with Crippen molar-refractivity contribution in [3.63, 3.8) is 0 Å². The van der Waals surface area contributed by atoms with Crippen LogP contribution in [-0.2, 0) is 29.6 Å². The predicted octanol–water partition coefficient (Wildman–Crippen LogP) is -3.10. The molecule has 1 N–H and O–H groups in total. The normalized spacial score (nSPS) is 13.0. The van der Waals surface area contributed by atoms with Crippen molar-refractivity contribution >= 4 is 26.0 Å². The summed E-state index contributed by atoms with van der Waals surface area (Å²) < 4.78 is 49.8. The molecule has 0 atom stereocenters. The third kappa shape index (κ3) is 6.89. The lowest BCUT2D eigenvalue weighted by atomic mass is 10.6. The molecule has 0 aromatic carbocycles. The summed E-state index contributed by atoms with van der Waals surface area (Å²) in [7, 11) is -4.33. The van der Waals surface area contributed by atoms with Gasteiger partial charge in [0, 0.05) is 0 Å². The molecular weight excluding hydrogens is 284 g/mol. The Balaban J connectivity index is 4.59. The summed E-state index contributed by atoms with van der Waals surface area (Å²) in [5.41, 5.74) is 0. The van der Waals surface area contributed by atoms with Gasteiger partial charge in [0.15, 0.2) is 0 Å². The molecular formula is C8H19N2O6S2+. The van der Waals surface area contributed by atoms with E-state index in [4.69, 9.17) is 4.74 Å². The van der Waals surface area contributed by atoms with E-state index in [2.05, 4.69) is 0 Å². The number of likely N-dealkylation sites (N-methyl/N-ethyl adjacent to an activating group) is 1. The maximum absolute atomic E-state index is 11.3. The maximum Gasteiger partial charge on any atom is 0.322 e. The second-order valence-corrected chi connectivity index (χ2v) is 8.18. The van der Waals surface area contributed by atoms with E-state index in [1.165, 1.54) is 0 Å². The average molecular weight is 303 g/mol. The van der Waals surface area contributed by atoms with Crippen LogP contribution in [-0.4, -0.2) is 72.8 Å². The highest BCUT2D eigenvalue weighted by atomic mass is 32.3. The summed E-state index contributed by atoms with van der Waals surface area (Å²) in [5.74, 6) is -0.896. The van der Waals surface area contributed by atoms with Crippen LogP contribution in [0.1, 0.15) is 0 Å². The van der Waals surface area contributed by atoms with Crippen molar-refractivity contribution in [3.8, 4) is 0 Å². The fraction of sp³-hybridized carbons (Fsp3) is 0.875. The molecule has 0 spiro atoms. The molecule has 10 heteroatoms. The first kappa shape index (κ1) is 17.3. The van der Waals surface area contributed by atoms with Crippen molar-refractivity contribution in [3.05, 3.63) is 0 Å². The van der Waals surface area contributed by atoms with Gasteiger partial charge in [-0.2, -0.15) is 0 Å². The molecule has 0 aliphatic heterocycles. The van der Waals surface area contributed by atoms with E-state index in [1.807, 2.05) is 14.1 Å². The number of quaternary nitrogens is 1. The van der Waals surface area contributed by atoms with Crippen LogP contribution in [0, 0.1) is 0 Å². The van der Waals surface area contributed by atoms with Gasteiger partial charge in [-0.1, -0.05) is 3.71 Å². The minimum atomic E-state index is -4.02. The van der Waals surface area contributed by atoms with Gasteiger partial charge in [-0.05, 0) is 0 Å². The highest BCUT2D eigenvalue weighted by Crippen LogP contribution is 2.04. The monoisotopic (exact) mass is 303 g/mol. The minimum Gasteiger partial charge on any atom is -0.459 e. The number of carbonyl (C=O) groups is 1. The zero-order valence-electron chi connectivity index (χ0n) is 10.8. The van der Waals surface area contributed by atoms with Crippen LogP contribution in [0.2, 0.25) is 0 Å². The third-order valence-electron chi connectivity index (χ3n) is 1.86. The van der Waals surface area contributed by atoms with Crippen molar-refractivity contribution in [2.45, 2.75) is 0 Å². The van der Waals surface area contributed by atoms with Gasteiger partial charge in [0.25, 0.3) is 0 Å². The molecule has 0 heterocycles. The molecule has 108 valence electrons. The summed E-state index contributed by atoms with van der Waals surface area (Å²) in [6, 6.07) is 0. The van der Waals surface area contributed by atoms with Gasteiger partial charge in [-0.15, -0.1) is 0 Å². The Bertz CT molecular complexity index is 450. The van der Waals surface area contributed by atoms with E-state index < -0.39 is 32.6 Å².